The molecule has 1 aromatic heterocycles. The van der Waals surface area contributed by atoms with Gasteiger partial charge in [-0.05, 0) is 19.1 Å². The van der Waals surface area contributed by atoms with Gasteiger partial charge in [0.1, 0.15) is 0 Å². The van der Waals surface area contributed by atoms with E-state index in [1.807, 2.05) is 0 Å². The largest absolute Gasteiger partial charge is 0.348 e. The highest BCUT2D eigenvalue weighted by Gasteiger charge is 2.43. The van der Waals surface area contributed by atoms with Crippen LogP contribution in [0.5, 0.6) is 0 Å². The summed E-state index contributed by atoms with van der Waals surface area (Å²) in [4.78, 5) is 0. The molecular formula is C15H13NO. The van der Waals surface area contributed by atoms with E-state index in [0.29, 0.717) is 0 Å². The summed E-state index contributed by atoms with van der Waals surface area (Å²) in [5, 5.41) is 2.61. The molecule has 84 valence electrons. The summed E-state index contributed by atoms with van der Waals surface area (Å²) in [6.07, 6.45) is 0. The average Bonchev–Trinajstić information content (AvgIpc) is 3.01. The number of aromatic nitrogens is 1. The normalized spacial score (nSPS) is 23.4. The first-order chi connectivity index (χ1) is 8.30. The van der Waals surface area contributed by atoms with E-state index in [9.17, 15) is 0 Å². The Bertz CT molecular complexity index is 669. The SMILES string of the molecule is CC1(n2c3ccccc3c3ccccc32)CO1. The molecular weight excluding hydrogens is 210 g/mol. The molecule has 1 saturated heterocycles. The Kier molecular flexibility index (Phi) is 1.58. The summed E-state index contributed by atoms with van der Waals surface area (Å²) in [6, 6.07) is 17.1. The molecule has 0 N–H and O–H groups in total. The predicted octanol–water partition coefficient (Wildman–Crippen LogP) is 3.50. The van der Waals surface area contributed by atoms with Crippen molar-refractivity contribution in [2.75, 3.05) is 6.61 Å². The van der Waals surface area contributed by atoms with Gasteiger partial charge in [-0.2, -0.15) is 0 Å². The lowest BCUT2D eigenvalue weighted by atomic mass is 10.2. The van der Waals surface area contributed by atoms with Crippen LogP contribution in [0.2, 0.25) is 0 Å². The number of epoxide rings is 1. The highest BCUT2D eigenvalue weighted by molar-refractivity contribution is 6.08. The molecule has 0 spiro atoms. The summed E-state index contributed by atoms with van der Waals surface area (Å²) >= 11 is 0. The van der Waals surface area contributed by atoms with E-state index in [4.69, 9.17) is 4.74 Å². The standard InChI is InChI=1S/C15H13NO/c1-15(10-17-15)16-13-8-4-2-6-11(13)12-7-3-5-9-14(12)16/h2-9H,10H2,1H3. The van der Waals surface area contributed by atoms with E-state index in [0.717, 1.165) is 6.61 Å². The minimum atomic E-state index is -0.150. The zero-order chi connectivity index (χ0) is 11.5. The molecule has 2 aromatic carbocycles. The number of ether oxygens (including phenoxy) is 1. The minimum Gasteiger partial charge on any atom is -0.348 e. The van der Waals surface area contributed by atoms with Crippen molar-refractivity contribution in [2.45, 2.75) is 12.6 Å². The molecule has 1 unspecified atom stereocenters. The maximum Gasteiger partial charge on any atom is 0.166 e. The molecule has 0 aliphatic carbocycles. The fourth-order valence-electron chi connectivity index (χ4n) is 2.67. The van der Waals surface area contributed by atoms with Crippen molar-refractivity contribution in [2.24, 2.45) is 0 Å². The van der Waals surface area contributed by atoms with Crippen LogP contribution in [0.1, 0.15) is 6.92 Å². The maximum absolute atomic E-state index is 5.62. The van der Waals surface area contributed by atoms with Crippen LogP contribution in [0.3, 0.4) is 0 Å². The number of hydrogen-bond donors (Lipinski definition) is 0. The summed E-state index contributed by atoms with van der Waals surface area (Å²) < 4.78 is 7.94. The van der Waals surface area contributed by atoms with Gasteiger partial charge < -0.3 is 9.30 Å². The van der Waals surface area contributed by atoms with Crippen molar-refractivity contribution in [1.29, 1.82) is 0 Å². The monoisotopic (exact) mass is 223 g/mol. The zero-order valence-electron chi connectivity index (χ0n) is 9.68. The number of para-hydroxylation sites is 2. The van der Waals surface area contributed by atoms with Crippen LogP contribution in [0.25, 0.3) is 21.8 Å². The zero-order valence-corrected chi connectivity index (χ0v) is 9.68. The molecule has 2 nitrogen and oxygen atoms in total. The topological polar surface area (TPSA) is 17.5 Å². The van der Waals surface area contributed by atoms with Crippen molar-refractivity contribution < 1.29 is 4.74 Å². The molecule has 2 heterocycles. The minimum absolute atomic E-state index is 0.150. The average molecular weight is 223 g/mol. The summed E-state index contributed by atoms with van der Waals surface area (Å²) in [6.45, 7) is 2.95. The maximum atomic E-state index is 5.62. The van der Waals surface area contributed by atoms with E-state index in [2.05, 4.69) is 60.0 Å². The third kappa shape index (κ3) is 1.13. The first kappa shape index (κ1) is 9.25. The lowest BCUT2D eigenvalue weighted by Gasteiger charge is -2.11. The van der Waals surface area contributed by atoms with Crippen LogP contribution in [0.15, 0.2) is 48.5 Å². The molecule has 1 aliphatic heterocycles. The Labute approximate surface area is 99.4 Å². The Balaban J connectivity index is 2.27. The molecule has 1 aliphatic rings. The summed E-state index contributed by atoms with van der Waals surface area (Å²) in [5.74, 6) is 0. The lowest BCUT2D eigenvalue weighted by Crippen LogP contribution is -2.13. The Hall–Kier alpha value is -1.80. The van der Waals surface area contributed by atoms with Gasteiger partial charge in [0.25, 0.3) is 0 Å². The van der Waals surface area contributed by atoms with Crippen molar-refractivity contribution in [3.8, 4) is 0 Å². The first-order valence-corrected chi connectivity index (χ1v) is 5.92. The number of fused-ring (bicyclic) bond motifs is 3. The molecule has 1 atom stereocenters. The van der Waals surface area contributed by atoms with Crippen molar-refractivity contribution in [3.05, 3.63) is 48.5 Å². The van der Waals surface area contributed by atoms with Gasteiger partial charge in [-0.3, -0.25) is 0 Å². The van der Waals surface area contributed by atoms with Gasteiger partial charge in [0, 0.05) is 10.8 Å². The second-order valence-corrected chi connectivity index (χ2v) is 4.83. The number of hydrogen-bond acceptors (Lipinski definition) is 1. The number of benzene rings is 2. The van der Waals surface area contributed by atoms with Crippen LogP contribution in [-0.2, 0) is 10.5 Å². The molecule has 4 rings (SSSR count). The van der Waals surface area contributed by atoms with E-state index >= 15 is 0 Å². The second-order valence-electron chi connectivity index (χ2n) is 4.83. The van der Waals surface area contributed by atoms with Crippen LogP contribution < -0.4 is 0 Å². The number of nitrogens with zero attached hydrogens (tertiary/aromatic N) is 1. The quantitative estimate of drug-likeness (QED) is 0.577. The molecule has 0 amide bonds. The van der Waals surface area contributed by atoms with Gasteiger partial charge in [-0.1, -0.05) is 36.4 Å². The molecule has 3 aromatic rings. The lowest BCUT2D eigenvalue weighted by molar-refractivity contribution is 0.258. The highest BCUT2D eigenvalue weighted by atomic mass is 16.6. The Morgan fingerprint density at radius 3 is 1.88 bits per heavy atom. The molecule has 2 heteroatoms. The van der Waals surface area contributed by atoms with Crippen molar-refractivity contribution >= 4 is 21.8 Å². The van der Waals surface area contributed by atoms with Crippen LogP contribution in [-0.4, -0.2) is 11.2 Å². The van der Waals surface area contributed by atoms with Gasteiger partial charge in [0.15, 0.2) is 5.72 Å². The summed E-state index contributed by atoms with van der Waals surface area (Å²) in [5.41, 5.74) is 2.37. The van der Waals surface area contributed by atoms with E-state index in [1.54, 1.807) is 0 Å². The molecule has 0 radical (unpaired) electrons. The van der Waals surface area contributed by atoms with Crippen LogP contribution in [0, 0.1) is 0 Å². The van der Waals surface area contributed by atoms with Gasteiger partial charge in [0.05, 0.1) is 17.6 Å². The Morgan fingerprint density at radius 1 is 0.941 bits per heavy atom. The molecule has 1 fully saturated rings. The van der Waals surface area contributed by atoms with Crippen molar-refractivity contribution in [1.82, 2.24) is 4.57 Å². The molecule has 0 saturated carbocycles. The number of rotatable bonds is 1. The highest BCUT2D eigenvalue weighted by Crippen LogP contribution is 2.40. The first-order valence-electron chi connectivity index (χ1n) is 5.92. The smallest absolute Gasteiger partial charge is 0.166 e. The van der Waals surface area contributed by atoms with E-state index < -0.39 is 0 Å². The second kappa shape index (κ2) is 2.90. The van der Waals surface area contributed by atoms with E-state index in [1.165, 1.54) is 21.8 Å². The summed E-state index contributed by atoms with van der Waals surface area (Å²) in [7, 11) is 0. The van der Waals surface area contributed by atoms with Crippen molar-refractivity contribution in [3.63, 3.8) is 0 Å². The van der Waals surface area contributed by atoms with Crippen LogP contribution in [0.4, 0.5) is 0 Å². The molecule has 0 bridgehead atoms. The predicted molar refractivity (Wildman–Crippen MR) is 69.0 cm³/mol. The Morgan fingerprint density at radius 2 is 1.41 bits per heavy atom. The third-order valence-corrected chi connectivity index (χ3v) is 3.62. The van der Waals surface area contributed by atoms with Gasteiger partial charge >= 0.3 is 0 Å². The van der Waals surface area contributed by atoms with Gasteiger partial charge in [0.2, 0.25) is 0 Å². The van der Waals surface area contributed by atoms with Gasteiger partial charge in [-0.15, -0.1) is 0 Å². The fourth-order valence-corrected chi connectivity index (χ4v) is 2.67. The van der Waals surface area contributed by atoms with Crippen LogP contribution >= 0.6 is 0 Å². The van der Waals surface area contributed by atoms with E-state index in [-0.39, 0.29) is 5.72 Å². The fraction of sp³-hybridized carbons (Fsp3) is 0.200. The molecule has 17 heavy (non-hydrogen) atoms. The third-order valence-electron chi connectivity index (χ3n) is 3.62. The van der Waals surface area contributed by atoms with Gasteiger partial charge in [-0.25, -0.2) is 0 Å².